The lowest BCUT2D eigenvalue weighted by Gasteiger charge is -2.07. The quantitative estimate of drug-likeness (QED) is 0.620. The van der Waals surface area contributed by atoms with Gasteiger partial charge in [0.2, 0.25) is 0 Å². The van der Waals surface area contributed by atoms with E-state index in [0.29, 0.717) is 11.6 Å². The lowest BCUT2D eigenvalue weighted by atomic mass is 10.2. The van der Waals surface area contributed by atoms with E-state index < -0.39 is 7.60 Å². The number of hydrogen-bond acceptors (Lipinski definition) is 3. The predicted octanol–water partition coefficient (Wildman–Crippen LogP) is 2.18. The fourth-order valence-electron chi connectivity index (χ4n) is 0.838. The lowest BCUT2D eigenvalue weighted by Crippen LogP contribution is -2.11. The fraction of sp³-hybridized carbons (Fsp3) is 0.250. The molecular formula is C8H11ClNO3P. The maximum Gasteiger partial charge on any atom is 0.341 e. The van der Waals surface area contributed by atoms with Crippen LogP contribution in [0.4, 0.5) is 0 Å². The van der Waals surface area contributed by atoms with Gasteiger partial charge in [-0.05, 0) is 17.7 Å². The summed E-state index contributed by atoms with van der Waals surface area (Å²) in [7, 11) is -3.45. The number of rotatable bonds is 4. The highest BCUT2D eigenvalue weighted by molar-refractivity contribution is 7.51. The first-order valence-corrected chi connectivity index (χ1v) is 6.34. The van der Waals surface area contributed by atoms with E-state index in [-0.39, 0.29) is 0 Å². The Bertz CT molecular complexity index is 335. The van der Waals surface area contributed by atoms with E-state index in [1.165, 1.54) is 0 Å². The van der Waals surface area contributed by atoms with Crippen molar-refractivity contribution in [3.8, 4) is 0 Å². The van der Waals surface area contributed by atoms with Gasteiger partial charge in [-0.25, -0.2) is 4.62 Å². The molecule has 0 heterocycles. The Morgan fingerprint density at radius 1 is 1.50 bits per heavy atom. The molecule has 4 nitrogen and oxygen atoms in total. The standard InChI is InChI=1S/C8H11ClNO3P/c1-14(11,12)13-10-6-7-2-4-8(9)5-3-7/h2-5,10H,6H2,1H3,(H,11,12). The number of hydrogen-bond donors (Lipinski definition) is 2. The molecule has 0 saturated heterocycles. The second-order valence-corrected chi connectivity index (χ2v) is 5.07. The molecule has 1 aromatic rings. The van der Waals surface area contributed by atoms with Crippen molar-refractivity contribution in [2.75, 3.05) is 6.66 Å². The SMILES string of the molecule is CP(=O)(O)ONCc1ccc(Cl)cc1. The molecular weight excluding hydrogens is 225 g/mol. The van der Waals surface area contributed by atoms with Crippen LogP contribution in [0.5, 0.6) is 0 Å². The Morgan fingerprint density at radius 3 is 2.57 bits per heavy atom. The summed E-state index contributed by atoms with van der Waals surface area (Å²) in [6.07, 6.45) is 0. The monoisotopic (exact) mass is 235 g/mol. The molecule has 0 spiro atoms. The first-order chi connectivity index (χ1) is 6.47. The Balaban J connectivity index is 2.39. The van der Waals surface area contributed by atoms with Crippen LogP contribution in [0, 0.1) is 0 Å². The van der Waals surface area contributed by atoms with Crippen molar-refractivity contribution in [2.45, 2.75) is 6.54 Å². The minimum Gasteiger partial charge on any atom is -0.324 e. The third kappa shape index (κ3) is 4.74. The van der Waals surface area contributed by atoms with Gasteiger partial charge >= 0.3 is 7.60 Å². The van der Waals surface area contributed by atoms with Crippen LogP contribution in [-0.2, 0) is 15.7 Å². The second-order valence-electron chi connectivity index (χ2n) is 2.84. The minimum absolute atomic E-state index is 0.357. The number of hydroxylamine groups is 1. The van der Waals surface area contributed by atoms with Gasteiger partial charge in [-0.3, -0.25) is 4.57 Å². The zero-order chi connectivity index (χ0) is 10.6. The summed E-state index contributed by atoms with van der Waals surface area (Å²) in [6.45, 7) is 1.47. The Kier molecular flexibility index (Phi) is 4.11. The van der Waals surface area contributed by atoms with Crippen LogP contribution >= 0.6 is 19.2 Å². The molecule has 1 aromatic carbocycles. The minimum atomic E-state index is -3.45. The van der Waals surface area contributed by atoms with Gasteiger partial charge in [0.05, 0.1) is 0 Å². The van der Waals surface area contributed by atoms with Crippen LogP contribution in [0.1, 0.15) is 5.56 Å². The average molecular weight is 236 g/mol. The van der Waals surface area contributed by atoms with Crippen LogP contribution in [0.15, 0.2) is 24.3 Å². The average Bonchev–Trinajstić information content (AvgIpc) is 2.06. The zero-order valence-corrected chi connectivity index (χ0v) is 9.26. The van der Waals surface area contributed by atoms with Crippen molar-refractivity contribution in [1.29, 1.82) is 0 Å². The van der Waals surface area contributed by atoms with Crippen LogP contribution in [-0.4, -0.2) is 11.6 Å². The molecule has 0 fully saturated rings. The number of halogens is 1. The van der Waals surface area contributed by atoms with Crippen molar-refractivity contribution in [3.63, 3.8) is 0 Å². The van der Waals surface area contributed by atoms with Crippen molar-refractivity contribution < 1.29 is 14.1 Å². The summed E-state index contributed by atoms with van der Waals surface area (Å²) in [5.41, 5.74) is 3.32. The summed E-state index contributed by atoms with van der Waals surface area (Å²) in [5, 5.41) is 0.651. The molecule has 1 rings (SSSR count). The maximum atomic E-state index is 10.7. The molecule has 0 saturated carbocycles. The molecule has 0 bridgehead atoms. The van der Waals surface area contributed by atoms with E-state index in [2.05, 4.69) is 10.1 Å². The van der Waals surface area contributed by atoms with Gasteiger partial charge in [0.25, 0.3) is 0 Å². The molecule has 6 heteroatoms. The smallest absolute Gasteiger partial charge is 0.324 e. The zero-order valence-electron chi connectivity index (χ0n) is 7.61. The van der Waals surface area contributed by atoms with E-state index in [4.69, 9.17) is 16.5 Å². The van der Waals surface area contributed by atoms with Crippen molar-refractivity contribution >= 4 is 19.2 Å². The summed E-state index contributed by atoms with van der Waals surface area (Å²) in [4.78, 5) is 8.79. The molecule has 14 heavy (non-hydrogen) atoms. The van der Waals surface area contributed by atoms with E-state index in [1.807, 2.05) is 0 Å². The summed E-state index contributed by atoms with van der Waals surface area (Å²) in [6, 6.07) is 7.08. The number of nitrogens with one attached hydrogen (secondary N) is 1. The van der Waals surface area contributed by atoms with Crippen molar-refractivity contribution in [2.24, 2.45) is 0 Å². The van der Waals surface area contributed by atoms with Crippen LogP contribution in [0.2, 0.25) is 5.02 Å². The van der Waals surface area contributed by atoms with E-state index >= 15 is 0 Å². The number of benzene rings is 1. The molecule has 1 atom stereocenters. The molecule has 1 unspecified atom stereocenters. The largest absolute Gasteiger partial charge is 0.341 e. The van der Waals surface area contributed by atoms with Gasteiger partial charge in [0.1, 0.15) is 0 Å². The van der Waals surface area contributed by atoms with Crippen LogP contribution in [0.3, 0.4) is 0 Å². The van der Waals surface area contributed by atoms with E-state index in [1.54, 1.807) is 24.3 Å². The highest BCUT2D eigenvalue weighted by atomic mass is 35.5. The van der Waals surface area contributed by atoms with Gasteiger partial charge in [0.15, 0.2) is 0 Å². The highest BCUT2D eigenvalue weighted by Crippen LogP contribution is 2.34. The van der Waals surface area contributed by atoms with E-state index in [0.717, 1.165) is 12.2 Å². The fourth-order valence-corrected chi connectivity index (χ4v) is 1.27. The lowest BCUT2D eigenvalue weighted by molar-refractivity contribution is 0.165. The van der Waals surface area contributed by atoms with Gasteiger partial charge in [0, 0.05) is 18.2 Å². The third-order valence-corrected chi connectivity index (χ3v) is 2.14. The third-order valence-electron chi connectivity index (χ3n) is 1.42. The first-order valence-electron chi connectivity index (χ1n) is 3.93. The molecule has 0 aliphatic carbocycles. The maximum absolute atomic E-state index is 10.7. The first kappa shape index (κ1) is 11.7. The molecule has 0 aliphatic rings. The Hall–Kier alpha value is -0.380. The van der Waals surface area contributed by atoms with Gasteiger partial charge < -0.3 is 4.89 Å². The predicted molar refractivity (Wildman–Crippen MR) is 55.1 cm³/mol. The molecule has 0 aliphatic heterocycles. The molecule has 0 amide bonds. The Morgan fingerprint density at radius 2 is 2.07 bits per heavy atom. The van der Waals surface area contributed by atoms with Gasteiger partial charge in [-0.15, -0.1) is 0 Å². The highest BCUT2D eigenvalue weighted by Gasteiger charge is 2.08. The summed E-state index contributed by atoms with van der Waals surface area (Å²) in [5.74, 6) is 0. The molecule has 78 valence electrons. The second kappa shape index (κ2) is 4.91. The molecule has 0 radical (unpaired) electrons. The van der Waals surface area contributed by atoms with E-state index in [9.17, 15) is 4.57 Å². The summed E-state index contributed by atoms with van der Waals surface area (Å²) >= 11 is 5.68. The van der Waals surface area contributed by atoms with Crippen LogP contribution in [0.25, 0.3) is 0 Å². The Labute approximate surface area is 87.3 Å². The van der Waals surface area contributed by atoms with Gasteiger partial charge in [-0.2, -0.15) is 5.48 Å². The topological polar surface area (TPSA) is 58.6 Å². The molecule has 0 aromatic heterocycles. The van der Waals surface area contributed by atoms with Crippen LogP contribution < -0.4 is 5.48 Å². The van der Waals surface area contributed by atoms with Crippen molar-refractivity contribution in [1.82, 2.24) is 5.48 Å². The summed E-state index contributed by atoms with van der Waals surface area (Å²) < 4.78 is 15.2. The molecule has 2 N–H and O–H groups in total. The van der Waals surface area contributed by atoms with Crippen molar-refractivity contribution in [3.05, 3.63) is 34.9 Å². The van der Waals surface area contributed by atoms with Gasteiger partial charge in [-0.1, -0.05) is 23.7 Å². The normalized spacial score (nSPS) is 15.1.